The topological polar surface area (TPSA) is 76.6 Å². The number of H-pyrrole nitrogens is 1. The van der Waals surface area contributed by atoms with Crippen LogP contribution in [0, 0.1) is 12.3 Å². The van der Waals surface area contributed by atoms with Crippen LogP contribution in [0.15, 0.2) is 12.1 Å². The van der Waals surface area contributed by atoms with E-state index in [4.69, 9.17) is 5.41 Å². The third kappa shape index (κ3) is 4.00. The summed E-state index contributed by atoms with van der Waals surface area (Å²) in [5.74, 6) is 4.79. The SMILES string of the molecule is CNC(=C=N)NCCSCc1nc[nH]c1C. The van der Waals surface area contributed by atoms with E-state index in [9.17, 15) is 0 Å². The fraction of sp³-hybridized carbons (Fsp3) is 0.500. The van der Waals surface area contributed by atoms with Gasteiger partial charge in [-0.05, 0) is 6.92 Å². The Kier molecular flexibility index (Phi) is 5.53. The van der Waals surface area contributed by atoms with Crippen molar-refractivity contribution in [1.29, 1.82) is 5.41 Å². The molecule has 0 saturated carbocycles. The van der Waals surface area contributed by atoms with E-state index in [1.165, 1.54) is 0 Å². The number of nitrogens with one attached hydrogen (secondary N) is 4. The Morgan fingerprint density at radius 3 is 3.06 bits per heavy atom. The highest BCUT2D eigenvalue weighted by Crippen LogP contribution is 2.11. The summed E-state index contributed by atoms with van der Waals surface area (Å²) in [6.45, 7) is 2.84. The number of aromatic amines is 1. The summed E-state index contributed by atoms with van der Waals surface area (Å²) in [6.07, 6.45) is 1.72. The summed E-state index contributed by atoms with van der Waals surface area (Å²) in [7, 11) is 1.77. The maximum atomic E-state index is 6.95. The van der Waals surface area contributed by atoms with Crippen molar-refractivity contribution in [3.63, 3.8) is 0 Å². The molecule has 6 heteroatoms. The fourth-order valence-electron chi connectivity index (χ4n) is 1.14. The Bertz CT molecular complexity index is 367. The van der Waals surface area contributed by atoms with Crippen molar-refractivity contribution in [1.82, 2.24) is 20.6 Å². The maximum Gasteiger partial charge on any atom is 0.162 e. The third-order valence-electron chi connectivity index (χ3n) is 2.10. The molecule has 1 aromatic rings. The molecular formula is C10H17N5S. The molecule has 5 nitrogen and oxygen atoms in total. The number of imidazole rings is 1. The predicted molar refractivity (Wildman–Crippen MR) is 67.8 cm³/mol. The third-order valence-corrected chi connectivity index (χ3v) is 3.07. The van der Waals surface area contributed by atoms with E-state index in [1.807, 2.05) is 18.7 Å². The van der Waals surface area contributed by atoms with Crippen molar-refractivity contribution < 1.29 is 0 Å². The number of aryl methyl sites for hydroxylation is 1. The normalized spacial score (nSPS) is 9.62. The van der Waals surface area contributed by atoms with E-state index in [1.54, 1.807) is 13.4 Å². The molecule has 0 unspecified atom stereocenters. The number of thioether (sulfide) groups is 1. The van der Waals surface area contributed by atoms with Crippen LogP contribution in [0.2, 0.25) is 0 Å². The molecule has 1 aromatic heterocycles. The lowest BCUT2D eigenvalue weighted by Gasteiger charge is -2.06. The Balaban J connectivity index is 2.13. The minimum atomic E-state index is 0.622. The van der Waals surface area contributed by atoms with Crippen molar-refractivity contribution >= 4 is 17.6 Å². The van der Waals surface area contributed by atoms with Crippen LogP contribution < -0.4 is 10.6 Å². The average Bonchev–Trinajstić information content (AvgIpc) is 2.70. The highest BCUT2D eigenvalue weighted by atomic mass is 32.2. The quantitative estimate of drug-likeness (QED) is 0.420. The smallest absolute Gasteiger partial charge is 0.162 e. The standard InChI is InChI=1S/C10H17N5S/c1-8-9(15-7-14-8)6-16-4-3-13-10(5-11)12-2/h7,11-13H,3-4,6H2,1-2H3,(H,14,15). The van der Waals surface area contributed by atoms with Gasteiger partial charge in [-0.25, -0.2) is 4.98 Å². The van der Waals surface area contributed by atoms with E-state index in [2.05, 4.69) is 26.5 Å². The van der Waals surface area contributed by atoms with Crippen LogP contribution in [0.25, 0.3) is 0 Å². The number of aromatic nitrogens is 2. The first kappa shape index (κ1) is 12.7. The molecule has 1 rings (SSSR count). The van der Waals surface area contributed by atoms with E-state index >= 15 is 0 Å². The average molecular weight is 239 g/mol. The summed E-state index contributed by atoms with van der Waals surface area (Å²) >= 11 is 1.81. The minimum Gasteiger partial charge on any atom is -0.367 e. The van der Waals surface area contributed by atoms with Gasteiger partial charge in [-0.1, -0.05) is 0 Å². The van der Waals surface area contributed by atoms with E-state index in [0.29, 0.717) is 5.82 Å². The predicted octanol–water partition coefficient (Wildman–Crippen LogP) is 0.850. The molecule has 0 aliphatic rings. The molecule has 0 spiro atoms. The van der Waals surface area contributed by atoms with Gasteiger partial charge < -0.3 is 15.6 Å². The van der Waals surface area contributed by atoms with Crippen molar-refractivity contribution in [2.45, 2.75) is 12.7 Å². The molecule has 0 bridgehead atoms. The van der Waals surface area contributed by atoms with Crippen LogP contribution in [0.5, 0.6) is 0 Å². The highest BCUT2D eigenvalue weighted by molar-refractivity contribution is 7.98. The van der Waals surface area contributed by atoms with Crippen LogP contribution in [-0.4, -0.2) is 35.2 Å². The van der Waals surface area contributed by atoms with Gasteiger partial charge in [0, 0.05) is 36.7 Å². The van der Waals surface area contributed by atoms with Gasteiger partial charge in [0.25, 0.3) is 0 Å². The maximum absolute atomic E-state index is 6.95. The number of rotatable bonds is 7. The van der Waals surface area contributed by atoms with Gasteiger partial charge in [0.05, 0.1) is 12.0 Å². The summed E-state index contributed by atoms with van der Waals surface area (Å²) in [4.78, 5) is 7.28. The second-order valence-electron chi connectivity index (χ2n) is 3.20. The van der Waals surface area contributed by atoms with Crippen LogP contribution in [0.3, 0.4) is 0 Å². The summed E-state index contributed by atoms with van der Waals surface area (Å²) in [5.41, 5.74) is 2.25. The zero-order valence-electron chi connectivity index (χ0n) is 9.55. The summed E-state index contributed by atoms with van der Waals surface area (Å²) < 4.78 is 0. The molecule has 0 aliphatic carbocycles. The molecule has 0 fully saturated rings. The second-order valence-corrected chi connectivity index (χ2v) is 4.31. The first-order valence-corrected chi connectivity index (χ1v) is 6.21. The van der Waals surface area contributed by atoms with Crippen molar-refractivity contribution in [2.75, 3.05) is 19.3 Å². The Hall–Kier alpha value is -1.39. The molecule has 4 N–H and O–H groups in total. The zero-order valence-corrected chi connectivity index (χ0v) is 10.4. The van der Waals surface area contributed by atoms with Gasteiger partial charge in [0.1, 0.15) is 0 Å². The van der Waals surface area contributed by atoms with Crippen LogP contribution in [-0.2, 0) is 5.75 Å². The second kappa shape index (κ2) is 6.98. The van der Waals surface area contributed by atoms with Crippen molar-refractivity contribution in [3.8, 4) is 0 Å². The number of hydrogen-bond acceptors (Lipinski definition) is 5. The summed E-state index contributed by atoms with van der Waals surface area (Å²) in [6, 6.07) is 0. The lowest BCUT2D eigenvalue weighted by molar-refractivity contribution is 0.784. The first-order valence-electron chi connectivity index (χ1n) is 5.05. The van der Waals surface area contributed by atoms with Gasteiger partial charge >= 0.3 is 0 Å². The van der Waals surface area contributed by atoms with Gasteiger partial charge in [0.15, 0.2) is 5.82 Å². The van der Waals surface area contributed by atoms with E-state index in [0.717, 1.165) is 29.4 Å². The lowest BCUT2D eigenvalue weighted by Crippen LogP contribution is -2.25. The molecule has 16 heavy (non-hydrogen) atoms. The fourth-order valence-corrected chi connectivity index (χ4v) is 2.02. The number of hydrogen-bond donors (Lipinski definition) is 4. The molecule has 0 aliphatic heterocycles. The van der Waals surface area contributed by atoms with E-state index in [-0.39, 0.29) is 0 Å². The van der Waals surface area contributed by atoms with Crippen LogP contribution in [0.1, 0.15) is 11.4 Å². The first-order chi connectivity index (χ1) is 7.77. The highest BCUT2D eigenvalue weighted by Gasteiger charge is 2.00. The molecule has 0 aromatic carbocycles. The molecule has 1 heterocycles. The zero-order chi connectivity index (χ0) is 11.8. The Morgan fingerprint density at radius 2 is 2.50 bits per heavy atom. The van der Waals surface area contributed by atoms with E-state index < -0.39 is 0 Å². The monoisotopic (exact) mass is 239 g/mol. The molecule has 0 saturated heterocycles. The van der Waals surface area contributed by atoms with Gasteiger partial charge in [-0.2, -0.15) is 11.8 Å². The van der Waals surface area contributed by atoms with Crippen LogP contribution >= 0.6 is 11.8 Å². The Morgan fingerprint density at radius 1 is 1.69 bits per heavy atom. The van der Waals surface area contributed by atoms with Gasteiger partial charge in [-0.3, -0.25) is 5.41 Å². The van der Waals surface area contributed by atoms with Gasteiger partial charge in [0.2, 0.25) is 0 Å². The molecular weight excluding hydrogens is 222 g/mol. The minimum absolute atomic E-state index is 0.622. The van der Waals surface area contributed by atoms with Crippen LogP contribution in [0.4, 0.5) is 0 Å². The molecule has 0 atom stereocenters. The molecule has 0 amide bonds. The molecule has 88 valence electrons. The van der Waals surface area contributed by atoms with Crippen molar-refractivity contribution in [3.05, 3.63) is 23.5 Å². The lowest BCUT2D eigenvalue weighted by atomic mass is 10.4. The summed E-state index contributed by atoms with van der Waals surface area (Å²) in [5, 5.41) is 12.9. The largest absolute Gasteiger partial charge is 0.367 e. The van der Waals surface area contributed by atoms with Gasteiger partial charge in [-0.15, -0.1) is 0 Å². The molecule has 0 radical (unpaired) electrons. The Labute approximate surface area is 99.6 Å². The van der Waals surface area contributed by atoms with Crippen molar-refractivity contribution in [2.24, 2.45) is 0 Å². The number of nitrogens with zero attached hydrogens (tertiary/aromatic N) is 1.